The molecule has 1 heterocycles. The van der Waals surface area contributed by atoms with E-state index in [4.69, 9.17) is 4.74 Å². The Morgan fingerprint density at radius 3 is 2.10 bits per heavy atom. The van der Waals surface area contributed by atoms with Gasteiger partial charge in [0, 0.05) is 29.5 Å². The van der Waals surface area contributed by atoms with Crippen LogP contribution < -0.4 is 4.74 Å². The third-order valence-electron chi connectivity index (χ3n) is 10.3. The quantitative estimate of drug-likeness (QED) is 0.176. The number of nitrogens with zero attached hydrogens (tertiary/aromatic N) is 1. The van der Waals surface area contributed by atoms with E-state index in [0.717, 1.165) is 23.3 Å². The monoisotopic (exact) mass is 643 g/mol. The first kappa shape index (κ1) is 32.7. The first-order valence-corrected chi connectivity index (χ1v) is 17.6. The van der Waals surface area contributed by atoms with E-state index in [0.29, 0.717) is 0 Å². The molecule has 0 radical (unpaired) electrons. The van der Waals surface area contributed by atoms with Crippen LogP contribution in [0.2, 0.25) is 0 Å². The minimum absolute atomic E-state index is 0.0612. The van der Waals surface area contributed by atoms with Gasteiger partial charge in [0.15, 0.2) is 0 Å². The van der Waals surface area contributed by atoms with Crippen molar-refractivity contribution in [2.24, 2.45) is 7.05 Å². The van der Waals surface area contributed by atoms with Gasteiger partial charge in [-0.1, -0.05) is 128 Å². The van der Waals surface area contributed by atoms with Gasteiger partial charge in [-0.05, 0) is 115 Å². The summed E-state index contributed by atoms with van der Waals surface area (Å²) < 4.78 is 8.84. The van der Waals surface area contributed by atoms with E-state index < -0.39 is 0 Å². The van der Waals surface area contributed by atoms with Crippen molar-refractivity contribution in [3.05, 3.63) is 144 Å². The van der Waals surface area contributed by atoms with Crippen LogP contribution in [0.3, 0.4) is 0 Å². The maximum absolute atomic E-state index is 6.58. The molecule has 0 atom stereocenters. The molecule has 49 heavy (non-hydrogen) atoms. The van der Waals surface area contributed by atoms with Gasteiger partial charge in [-0.15, -0.1) is 0 Å². The average Bonchev–Trinajstić information content (AvgIpc) is 3.43. The molecule has 2 nitrogen and oxygen atoms in total. The summed E-state index contributed by atoms with van der Waals surface area (Å²) in [5.41, 5.74) is 9.14. The number of aromatic nitrogens is 1. The summed E-state index contributed by atoms with van der Waals surface area (Å²) in [6.07, 6.45) is 3.07. The van der Waals surface area contributed by atoms with Crippen LogP contribution in [0.5, 0.6) is 11.5 Å². The molecule has 7 rings (SSSR count). The number of fused-ring (bicyclic) bond motifs is 3. The van der Waals surface area contributed by atoms with Gasteiger partial charge in [0.1, 0.15) is 11.5 Å². The molecular weight excluding hydrogens is 595 g/mol. The lowest BCUT2D eigenvalue weighted by molar-refractivity contribution is 0.484. The molecule has 248 valence electrons. The van der Waals surface area contributed by atoms with E-state index in [9.17, 15) is 0 Å². The van der Waals surface area contributed by atoms with Crippen molar-refractivity contribution in [3.8, 4) is 22.6 Å². The van der Waals surface area contributed by atoms with Crippen molar-refractivity contribution in [2.45, 2.75) is 78.1 Å². The van der Waals surface area contributed by atoms with Crippen LogP contribution in [0, 0.1) is 0 Å². The molecule has 0 spiro atoms. The molecule has 1 aromatic heterocycles. The van der Waals surface area contributed by atoms with E-state index in [1.165, 1.54) is 60.4 Å². The minimum Gasteiger partial charge on any atom is -0.457 e. The lowest BCUT2D eigenvalue weighted by Crippen LogP contribution is -2.20. The smallest absolute Gasteiger partial charge is 0.135 e. The van der Waals surface area contributed by atoms with Crippen LogP contribution in [-0.4, -0.2) is 4.57 Å². The topological polar surface area (TPSA) is 14.2 Å². The summed E-state index contributed by atoms with van der Waals surface area (Å²) >= 11 is 0. The number of aryl methyl sites for hydroxylation is 1. The molecule has 0 saturated heterocycles. The Hall–Kier alpha value is -4.82. The fraction of sp³-hybridized carbons (Fsp3) is 0.277. The molecule has 0 aliphatic rings. The molecule has 0 aliphatic heterocycles. The fourth-order valence-corrected chi connectivity index (χ4v) is 7.36. The van der Waals surface area contributed by atoms with E-state index >= 15 is 0 Å². The Morgan fingerprint density at radius 2 is 1.33 bits per heavy atom. The maximum Gasteiger partial charge on any atom is 0.135 e. The largest absolute Gasteiger partial charge is 0.457 e. The van der Waals surface area contributed by atoms with E-state index in [1.54, 1.807) is 0 Å². The Balaban J connectivity index is 1.23. The second kappa shape index (κ2) is 11.9. The Bertz CT molecular complexity index is 2340. The fourth-order valence-electron chi connectivity index (χ4n) is 7.36. The molecule has 7 aromatic rings. The van der Waals surface area contributed by atoms with Gasteiger partial charge in [0.05, 0.1) is 0 Å². The molecule has 2 heteroatoms. The Morgan fingerprint density at radius 1 is 0.571 bits per heavy atom. The van der Waals surface area contributed by atoms with Crippen LogP contribution in [0.4, 0.5) is 0 Å². The first-order valence-electron chi connectivity index (χ1n) is 17.6. The Labute approximate surface area is 292 Å². The lowest BCUT2D eigenvalue weighted by Gasteiger charge is -2.27. The van der Waals surface area contributed by atoms with Gasteiger partial charge in [0.2, 0.25) is 0 Å². The number of hydrogen-bond donors (Lipinski definition) is 0. The molecule has 6 aromatic carbocycles. The van der Waals surface area contributed by atoms with Crippen LogP contribution in [0.1, 0.15) is 77.6 Å². The number of hydrogen-bond acceptors (Lipinski definition) is 1. The van der Waals surface area contributed by atoms with Gasteiger partial charge in [-0.25, -0.2) is 0 Å². The average molecular weight is 644 g/mol. The zero-order valence-corrected chi connectivity index (χ0v) is 30.6. The third kappa shape index (κ3) is 6.37. The zero-order valence-electron chi connectivity index (χ0n) is 30.6. The van der Waals surface area contributed by atoms with Crippen LogP contribution in [0.15, 0.2) is 121 Å². The molecule has 0 aliphatic carbocycles. The zero-order chi connectivity index (χ0) is 34.7. The summed E-state index contributed by atoms with van der Waals surface area (Å²) in [6, 6.07) is 42.5. The van der Waals surface area contributed by atoms with E-state index in [-0.39, 0.29) is 16.2 Å². The lowest BCUT2D eigenvalue weighted by atomic mass is 9.77. The standard InChI is InChI=1S/C47H49NO/c1-45(2,3)35-21-22-38-33(26-35)15-12-18-44(38)49-37-16-10-13-31(25-37)30-47(7,8)36-28-40(39-23-24-48(9)43(39)29-36)34-20-19-32-14-11-17-42(41(32)27-34)46(4,5)6/h10-29H,30H2,1-9H3. The van der Waals surface area contributed by atoms with Crippen molar-refractivity contribution < 1.29 is 4.74 Å². The second-order valence-corrected chi connectivity index (χ2v) is 16.6. The number of ether oxygens (including phenoxy) is 1. The molecule has 0 amide bonds. The van der Waals surface area contributed by atoms with Crippen molar-refractivity contribution in [3.63, 3.8) is 0 Å². The van der Waals surface area contributed by atoms with Crippen LogP contribution in [-0.2, 0) is 29.7 Å². The van der Waals surface area contributed by atoms with Gasteiger partial charge in [0.25, 0.3) is 0 Å². The first-order chi connectivity index (χ1) is 23.2. The highest BCUT2D eigenvalue weighted by atomic mass is 16.5. The summed E-state index contributed by atoms with van der Waals surface area (Å²) in [4.78, 5) is 0. The normalized spacial score (nSPS) is 12.7. The second-order valence-electron chi connectivity index (χ2n) is 16.6. The van der Waals surface area contributed by atoms with Gasteiger partial charge >= 0.3 is 0 Å². The van der Waals surface area contributed by atoms with Gasteiger partial charge < -0.3 is 9.30 Å². The summed E-state index contributed by atoms with van der Waals surface area (Å²) in [7, 11) is 2.15. The van der Waals surface area contributed by atoms with Crippen LogP contribution in [0.25, 0.3) is 43.6 Å². The summed E-state index contributed by atoms with van der Waals surface area (Å²) in [5, 5.41) is 6.24. The SMILES string of the molecule is Cn1ccc2c(-c3ccc4cccc(C(C)(C)C)c4c3)cc(C(C)(C)Cc3cccc(Oc4cccc5cc(C(C)(C)C)ccc45)c3)cc21. The summed E-state index contributed by atoms with van der Waals surface area (Å²) in [5.74, 6) is 1.75. The maximum atomic E-state index is 6.58. The number of rotatable bonds is 6. The Kier molecular flexibility index (Phi) is 7.98. The molecular formula is C47H49NO. The van der Waals surface area contributed by atoms with Crippen molar-refractivity contribution in [2.75, 3.05) is 0 Å². The highest BCUT2D eigenvalue weighted by Crippen LogP contribution is 2.40. The van der Waals surface area contributed by atoms with E-state index in [1.807, 2.05) is 0 Å². The summed E-state index contributed by atoms with van der Waals surface area (Å²) in [6.45, 7) is 18.4. The van der Waals surface area contributed by atoms with Crippen molar-refractivity contribution in [1.82, 2.24) is 4.57 Å². The minimum atomic E-state index is -0.123. The molecule has 0 saturated carbocycles. The van der Waals surface area contributed by atoms with E-state index in [2.05, 4.69) is 188 Å². The highest BCUT2D eigenvalue weighted by Gasteiger charge is 2.25. The molecule has 0 fully saturated rings. The van der Waals surface area contributed by atoms with Crippen molar-refractivity contribution >= 4 is 32.4 Å². The third-order valence-corrected chi connectivity index (χ3v) is 10.3. The molecule has 0 unspecified atom stereocenters. The van der Waals surface area contributed by atoms with Gasteiger partial charge in [-0.2, -0.15) is 0 Å². The molecule has 0 bridgehead atoms. The van der Waals surface area contributed by atoms with Crippen molar-refractivity contribution in [1.29, 1.82) is 0 Å². The highest BCUT2D eigenvalue weighted by molar-refractivity contribution is 5.99. The molecule has 0 N–H and O–H groups in total. The van der Waals surface area contributed by atoms with Gasteiger partial charge in [-0.3, -0.25) is 0 Å². The predicted molar refractivity (Wildman–Crippen MR) is 210 cm³/mol. The van der Waals surface area contributed by atoms with Crippen LogP contribution >= 0.6 is 0 Å². The predicted octanol–water partition coefficient (Wildman–Crippen LogP) is 13.1. The number of benzene rings is 6.